The lowest BCUT2D eigenvalue weighted by Crippen LogP contribution is -2.15. The van der Waals surface area contributed by atoms with Gasteiger partial charge in [-0.2, -0.15) is 0 Å². The van der Waals surface area contributed by atoms with Gasteiger partial charge in [-0.05, 0) is 54.4 Å². The molecule has 0 radical (unpaired) electrons. The summed E-state index contributed by atoms with van der Waals surface area (Å²) in [6, 6.07) is 21.4. The third kappa shape index (κ3) is 4.57. The maximum atomic E-state index is 12.5. The Morgan fingerprint density at radius 3 is 2.11 bits per heavy atom. The van der Waals surface area contributed by atoms with E-state index >= 15 is 0 Å². The molecule has 0 atom stereocenters. The molecule has 0 saturated heterocycles. The number of hydrogen-bond donors (Lipinski definition) is 2. The normalized spacial score (nSPS) is 10.2. The molecule has 0 bridgehead atoms. The number of amides is 2. The third-order valence-corrected chi connectivity index (χ3v) is 4.38. The van der Waals surface area contributed by atoms with Gasteiger partial charge >= 0.3 is 0 Å². The standard InChI is InChI=1S/C23H22N2O3/c1-3-16-7-4-5-10-21(16)25-23(27)18-13-11-17(12-14-18)22(26)24-19-8-6-9-20(15-19)28-2/h4-15H,3H2,1-2H3,(H,24,26)(H,25,27). The molecule has 0 aliphatic rings. The van der Waals surface area contributed by atoms with Gasteiger partial charge < -0.3 is 15.4 Å². The summed E-state index contributed by atoms with van der Waals surface area (Å²) in [6.07, 6.45) is 0.833. The number of nitrogens with one attached hydrogen (secondary N) is 2. The van der Waals surface area contributed by atoms with Gasteiger partial charge in [0.2, 0.25) is 0 Å². The molecule has 3 aromatic rings. The van der Waals surface area contributed by atoms with Gasteiger partial charge in [-0.1, -0.05) is 31.2 Å². The molecule has 2 amide bonds. The second kappa shape index (κ2) is 8.86. The van der Waals surface area contributed by atoms with E-state index in [9.17, 15) is 9.59 Å². The van der Waals surface area contributed by atoms with Gasteiger partial charge in [0.05, 0.1) is 7.11 Å². The molecule has 5 heteroatoms. The average Bonchev–Trinajstić information content (AvgIpc) is 2.74. The maximum Gasteiger partial charge on any atom is 0.255 e. The third-order valence-electron chi connectivity index (χ3n) is 4.38. The van der Waals surface area contributed by atoms with E-state index in [1.165, 1.54) is 0 Å². The minimum atomic E-state index is -0.253. The molecule has 5 nitrogen and oxygen atoms in total. The number of ether oxygens (including phenoxy) is 1. The Labute approximate surface area is 164 Å². The van der Waals surface area contributed by atoms with Gasteiger partial charge in [0, 0.05) is 28.6 Å². The van der Waals surface area contributed by atoms with Gasteiger partial charge in [0.1, 0.15) is 5.75 Å². The zero-order valence-corrected chi connectivity index (χ0v) is 15.9. The van der Waals surface area contributed by atoms with Gasteiger partial charge in [0.25, 0.3) is 11.8 Å². The Kier molecular flexibility index (Phi) is 6.07. The van der Waals surface area contributed by atoms with E-state index in [2.05, 4.69) is 10.6 Å². The highest BCUT2D eigenvalue weighted by Crippen LogP contribution is 2.19. The first kappa shape index (κ1) is 19.2. The number of methoxy groups -OCH3 is 1. The van der Waals surface area contributed by atoms with Crippen LogP contribution in [0.4, 0.5) is 11.4 Å². The molecule has 0 aliphatic carbocycles. The van der Waals surface area contributed by atoms with E-state index in [4.69, 9.17) is 4.74 Å². The molecule has 0 aliphatic heterocycles. The number of benzene rings is 3. The summed E-state index contributed by atoms with van der Waals surface area (Å²) in [6.45, 7) is 2.04. The fraction of sp³-hybridized carbons (Fsp3) is 0.130. The van der Waals surface area contributed by atoms with Crippen molar-refractivity contribution in [3.05, 3.63) is 89.5 Å². The fourth-order valence-electron chi connectivity index (χ4n) is 2.82. The maximum absolute atomic E-state index is 12.5. The van der Waals surface area contributed by atoms with Crippen molar-refractivity contribution in [2.45, 2.75) is 13.3 Å². The van der Waals surface area contributed by atoms with E-state index in [1.807, 2.05) is 31.2 Å². The fourth-order valence-corrected chi connectivity index (χ4v) is 2.82. The van der Waals surface area contributed by atoms with Crippen molar-refractivity contribution < 1.29 is 14.3 Å². The van der Waals surface area contributed by atoms with E-state index in [1.54, 1.807) is 55.6 Å². The molecule has 0 saturated carbocycles. The second-order valence-corrected chi connectivity index (χ2v) is 6.23. The molecule has 3 rings (SSSR count). The minimum absolute atomic E-state index is 0.208. The van der Waals surface area contributed by atoms with Crippen LogP contribution in [0.25, 0.3) is 0 Å². The number of hydrogen-bond acceptors (Lipinski definition) is 3. The van der Waals surface area contributed by atoms with E-state index in [0.717, 1.165) is 17.7 Å². The first-order valence-corrected chi connectivity index (χ1v) is 9.05. The van der Waals surface area contributed by atoms with E-state index in [0.29, 0.717) is 22.6 Å². The zero-order chi connectivity index (χ0) is 19.9. The highest BCUT2D eigenvalue weighted by atomic mass is 16.5. The van der Waals surface area contributed by atoms with Crippen LogP contribution in [0.1, 0.15) is 33.2 Å². The van der Waals surface area contributed by atoms with Crippen molar-refractivity contribution in [3.8, 4) is 5.75 Å². The number of rotatable bonds is 6. The molecule has 0 heterocycles. The van der Waals surface area contributed by atoms with Crippen molar-refractivity contribution in [2.75, 3.05) is 17.7 Å². The lowest BCUT2D eigenvalue weighted by atomic mass is 10.1. The van der Waals surface area contributed by atoms with Gasteiger partial charge in [-0.3, -0.25) is 9.59 Å². The van der Waals surface area contributed by atoms with Crippen molar-refractivity contribution in [3.63, 3.8) is 0 Å². The van der Waals surface area contributed by atoms with E-state index < -0.39 is 0 Å². The lowest BCUT2D eigenvalue weighted by Gasteiger charge is -2.10. The molecule has 142 valence electrons. The molecule has 3 aromatic carbocycles. The molecule has 2 N–H and O–H groups in total. The van der Waals surface area contributed by atoms with Crippen molar-refractivity contribution >= 4 is 23.2 Å². The topological polar surface area (TPSA) is 67.4 Å². The van der Waals surface area contributed by atoms with Crippen LogP contribution in [0.2, 0.25) is 0 Å². The molecule has 0 unspecified atom stereocenters. The smallest absolute Gasteiger partial charge is 0.255 e. The SMILES string of the molecule is CCc1ccccc1NC(=O)c1ccc(C(=O)Nc2cccc(OC)c2)cc1. The van der Waals surface area contributed by atoms with Crippen LogP contribution in [0.5, 0.6) is 5.75 Å². The van der Waals surface area contributed by atoms with Crippen LogP contribution >= 0.6 is 0 Å². The predicted molar refractivity (Wildman–Crippen MR) is 111 cm³/mol. The minimum Gasteiger partial charge on any atom is -0.497 e. The number of aryl methyl sites for hydroxylation is 1. The Morgan fingerprint density at radius 1 is 0.821 bits per heavy atom. The highest BCUT2D eigenvalue weighted by Gasteiger charge is 2.11. The average molecular weight is 374 g/mol. The Balaban J connectivity index is 1.68. The molecule has 28 heavy (non-hydrogen) atoms. The number of carbonyl (C=O) groups is 2. The van der Waals surface area contributed by atoms with Crippen LogP contribution in [0.15, 0.2) is 72.8 Å². The van der Waals surface area contributed by atoms with Crippen molar-refractivity contribution in [2.24, 2.45) is 0 Å². The molecule has 0 aromatic heterocycles. The summed E-state index contributed by atoms with van der Waals surface area (Å²) < 4.78 is 5.15. The Hall–Kier alpha value is -3.60. The van der Waals surface area contributed by atoms with Crippen LogP contribution < -0.4 is 15.4 Å². The first-order valence-electron chi connectivity index (χ1n) is 9.05. The second-order valence-electron chi connectivity index (χ2n) is 6.23. The molecular weight excluding hydrogens is 352 g/mol. The van der Waals surface area contributed by atoms with Gasteiger partial charge in [-0.25, -0.2) is 0 Å². The van der Waals surface area contributed by atoms with Gasteiger partial charge in [-0.15, -0.1) is 0 Å². The van der Waals surface area contributed by atoms with Crippen LogP contribution in [-0.4, -0.2) is 18.9 Å². The van der Waals surface area contributed by atoms with Crippen LogP contribution in [0.3, 0.4) is 0 Å². The number of para-hydroxylation sites is 1. The first-order chi connectivity index (χ1) is 13.6. The zero-order valence-electron chi connectivity index (χ0n) is 15.9. The van der Waals surface area contributed by atoms with Crippen LogP contribution in [-0.2, 0) is 6.42 Å². The summed E-state index contributed by atoms with van der Waals surface area (Å²) >= 11 is 0. The number of anilines is 2. The molecular formula is C23H22N2O3. The predicted octanol–water partition coefficient (Wildman–Crippen LogP) is 4.76. The van der Waals surface area contributed by atoms with Crippen LogP contribution in [0, 0.1) is 0 Å². The Morgan fingerprint density at radius 2 is 1.46 bits per heavy atom. The van der Waals surface area contributed by atoms with Gasteiger partial charge in [0.15, 0.2) is 0 Å². The van der Waals surface area contributed by atoms with Crippen molar-refractivity contribution in [1.29, 1.82) is 0 Å². The summed E-state index contributed by atoms with van der Waals surface area (Å²) in [7, 11) is 1.57. The van der Waals surface area contributed by atoms with Crippen molar-refractivity contribution in [1.82, 2.24) is 0 Å². The summed E-state index contributed by atoms with van der Waals surface area (Å²) in [5, 5.41) is 5.74. The molecule has 0 spiro atoms. The summed E-state index contributed by atoms with van der Waals surface area (Å²) in [5.41, 5.74) is 3.47. The number of carbonyl (C=O) groups excluding carboxylic acids is 2. The lowest BCUT2D eigenvalue weighted by molar-refractivity contribution is 0.101. The Bertz CT molecular complexity index is 981. The highest BCUT2D eigenvalue weighted by molar-refractivity contribution is 6.07. The molecule has 0 fully saturated rings. The summed E-state index contributed by atoms with van der Waals surface area (Å²) in [5.74, 6) is 0.203. The van der Waals surface area contributed by atoms with E-state index in [-0.39, 0.29) is 11.8 Å². The summed E-state index contributed by atoms with van der Waals surface area (Å²) in [4.78, 5) is 24.9. The monoisotopic (exact) mass is 374 g/mol. The largest absolute Gasteiger partial charge is 0.497 e. The quantitative estimate of drug-likeness (QED) is 0.653.